The van der Waals surface area contributed by atoms with Gasteiger partial charge in [0.25, 0.3) is 5.91 Å². The number of carbonyl (C=O) groups excluding carboxylic acids is 1. The highest BCUT2D eigenvalue weighted by molar-refractivity contribution is 6.34. The van der Waals surface area contributed by atoms with Gasteiger partial charge in [0.1, 0.15) is 11.5 Å². The monoisotopic (exact) mass is 345 g/mol. The summed E-state index contributed by atoms with van der Waals surface area (Å²) in [4.78, 5) is 23.4. The number of benzene rings is 2. The molecule has 5 heteroatoms. The predicted octanol–water partition coefficient (Wildman–Crippen LogP) is 4.45. The van der Waals surface area contributed by atoms with E-state index in [1.54, 1.807) is 36.4 Å². The number of rotatable bonds is 3. The molecule has 0 radical (unpaired) electrons. The number of furan rings is 1. The molecule has 2 N–H and O–H groups in total. The zero-order valence-electron chi connectivity index (χ0n) is 13.9. The molecule has 5 nitrogen and oxygen atoms in total. The molecule has 1 aromatic heterocycles. The molecule has 0 bridgehead atoms. The molecule has 1 amide bonds. The predicted molar refractivity (Wildman–Crippen MR) is 98.8 cm³/mol. The lowest BCUT2D eigenvalue weighted by atomic mass is 10.0. The molecule has 0 aliphatic carbocycles. The Hall–Kier alpha value is -3.60. The zero-order chi connectivity index (χ0) is 18.3. The van der Waals surface area contributed by atoms with Crippen LogP contribution in [0.4, 0.5) is 5.69 Å². The molecule has 128 valence electrons. The smallest absolute Gasteiger partial charge is 0.335 e. The van der Waals surface area contributed by atoms with Crippen LogP contribution in [-0.2, 0) is 4.79 Å². The fourth-order valence-electron chi connectivity index (χ4n) is 2.98. The van der Waals surface area contributed by atoms with Crippen molar-refractivity contribution in [1.82, 2.24) is 0 Å². The van der Waals surface area contributed by atoms with Gasteiger partial charge >= 0.3 is 5.97 Å². The SMILES string of the molecule is Cc1ccc2c(c1)C(=Cc1ccc(-c3cccc(C(=O)O)c3)o1)C(=O)N2. The topological polar surface area (TPSA) is 79.5 Å². The van der Waals surface area contributed by atoms with Crippen molar-refractivity contribution >= 4 is 29.2 Å². The number of carboxylic acids is 1. The van der Waals surface area contributed by atoms with Crippen molar-refractivity contribution in [2.75, 3.05) is 5.32 Å². The van der Waals surface area contributed by atoms with Gasteiger partial charge in [-0.1, -0.05) is 23.8 Å². The van der Waals surface area contributed by atoms with E-state index in [0.717, 1.165) is 16.8 Å². The summed E-state index contributed by atoms with van der Waals surface area (Å²) >= 11 is 0. The molecule has 0 saturated heterocycles. The summed E-state index contributed by atoms with van der Waals surface area (Å²) in [5.41, 5.74) is 4.11. The number of aryl methyl sites for hydroxylation is 1. The van der Waals surface area contributed by atoms with Crippen molar-refractivity contribution in [1.29, 1.82) is 0 Å². The Labute approximate surface area is 149 Å². The highest BCUT2D eigenvalue weighted by atomic mass is 16.4. The molecule has 1 aliphatic rings. The molecule has 0 spiro atoms. The van der Waals surface area contributed by atoms with Crippen LogP contribution in [0.5, 0.6) is 0 Å². The second-order valence-corrected chi connectivity index (χ2v) is 6.15. The molecule has 3 aromatic rings. The van der Waals surface area contributed by atoms with Crippen LogP contribution in [0.2, 0.25) is 0 Å². The van der Waals surface area contributed by atoms with E-state index in [2.05, 4.69) is 5.32 Å². The van der Waals surface area contributed by atoms with E-state index in [1.807, 2.05) is 25.1 Å². The Morgan fingerprint density at radius 3 is 2.77 bits per heavy atom. The third-order valence-corrected chi connectivity index (χ3v) is 4.27. The highest BCUT2D eigenvalue weighted by Crippen LogP contribution is 2.34. The molecular formula is C21H15NO4. The first-order valence-electron chi connectivity index (χ1n) is 8.09. The van der Waals surface area contributed by atoms with Gasteiger partial charge in [-0.2, -0.15) is 0 Å². The quantitative estimate of drug-likeness (QED) is 0.688. The molecule has 2 heterocycles. The molecule has 0 unspecified atom stereocenters. The van der Waals surface area contributed by atoms with E-state index < -0.39 is 5.97 Å². The van der Waals surface area contributed by atoms with Gasteiger partial charge in [0.2, 0.25) is 0 Å². The second-order valence-electron chi connectivity index (χ2n) is 6.15. The first kappa shape index (κ1) is 15.9. The summed E-state index contributed by atoms with van der Waals surface area (Å²) in [6.45, 7) is 1.97. The van der Waals surface area contributed by atoms with Gasteiger partial charge < -0.3 is 14.8 Å². The first-order chi connectivity index (χ1) is 12.5. The van der Waals surface area contributed by atoms with Crippen molar-refractivity contribution in [3.8, 4) is 11.3 Å². The van der Waals surface area contributed by atoms with Gasteiger partial charge in [-0.05, 0) is 49.4 Å². The maximum atomic E-state index is 12.3. The van der Waals surface area contributed by atoms with Crippen LogP contribution in [0.25, 0.3) is 23.0 Å². The van der Waals surface area contributed by atoms with Crippen LogP contribution in [0.1, 0.15) is 27.2 Å². The molecule has 0 saturated carbocycles. The lowest BCUT2D eigenvalue weighted by Crippen LogP contribution is -2.03. The van der Waals surface area contributed by atoms with Gasteiger partial charge in [-0.25, -0.2) is 4.79 Å². The number of carbonyl (C=O) groups is 2. The van der Waals surface area contributed by atoms with Gasteiger partial charge in [-0.3, -0.25) is 4.79 Å². The minimum absolute atomic E-state index is 0.170. The highest BCUT2D eigenvalue weighted by Gasteiger charge is 2.24. The average Bonchev–Trinajstić information content (AvgIpc) is 3.21. The molecule has 26 heavy (non-hydrogen) atoms. The number of carboxylic acid groups (broad SMARTS) is 1. The Kier molecular flexibility index (Phi) is 3.69. The third kappa shape index (κ3) is 2.80. The number of anilines is 1. The number of hydrogen-bond donors (Lipinski definition) is 2. The van der Waals surface area contributed by atoms with Crippen LogP contribution in [0.15, 0.2) is 59.0 Å². The normalized spacial score (nSPS) is 14.3. The van der Waals surface area contributed by atoms with Gasteiger partial charge in [0.15, 0.2) is 0 Å². The molecular weight excluding hydrogens is 330 g/mol. The Bertz CT molecular complexity index is 1080. The van der Waals surface area contributed by atoms with E-state index >= 15 is 0 Å². The van der Waals surface area contributed by atoms with Crippen molar-refractivity contribution in [2.45, 2.75) is 6.92 Å². The second kappa shape index (κ2) is 6.04. The molecule has 0 fully saturated rings. The van der Waals surface area contributed by atoms with Gasteiger partial charge in [0, 0.05) is 16.8 Å². The van der Waals surface area contributed by atoms with E-state index in [0.29, 0.717) is 22.7 Å². The number of amides is 1. The molecule has 0 atom stereocenters. The number of nitrogens with one attached hydrogen (secondary N) is 1. The largest absolute Gasteiger partial charge is 0.478 e. The molecule has 4 rings (SSSR count). The Balaban J connectivity index is 1.71. The number of fused-ring (bicyclic) bond motifs is 1. The summed E-state index contributed by atoms with van der Waals surface area (Å²) in [6, 6.07) is 15.8. The zero-order valence-corrected chi connectivity index (χ0v) is 13.9. The molecule has 2 aromatic carbocycles. The van der Waals surface area contributed by atoms with Gasteiger partial charge in [-0.15, -0.1) is 0 Å². The Morgan fingerprint density at radius 2 is 1.96 bits per heavy atom. The minimum atomic E-state index is -0.990. The standard InChI is InChI=1S/C21H15NO4/c1-12-5-7-18-16(9-12)17(20(23)22-18)11-15-6-8-19(26-15)13-3-2-4-14(10-13)21(24)25/h2-11H,1H3,(H,22,23)(H,24,25). The van der Waals surface area contributed by atoms with E-state index in [9.17, 15) is 9.59 Å². The first-order valence-corrected chi connectivity index (χ1v) is 8.09. The molecule has 1 aliphatic heterocycles. The number of hydrogen-bond acceptors (Lipinski definition) is 3. The lowest BCUT2D eigenvalue weighted by Gasteiger charge is -2.00. The van der Waals surface area contributed by atoms with Crippen molar-refractivity contribution in [2.24, 2.45) is 0 Å². The summed E-state index contributed by atoms with van der Waals surface area (Å²) in [5.74, 6) is -0.0881. The summed E-state index contributed by atoms with van der Waals surface area (Å²) in [6.07, 6.45) is 1.70. The fraction of sp³-hybridized carbons (Fsp3) is 0.0476. The Morgan fingerprint density at radius 1 is 1.12 bits per heavy atom. The van der Waals surface area contributed by atoms with Crippen molar-refractivity contribution in [3.63, 3.8) is 0 Å². The van der Waals surface area contributed by atoms with E-state index in [1.165, 1.54) is 6.07 Å². The fourth-order valence-corrected chi connectivity index (χ4v) is 2.98. The lowest BCUT2D eigenvalue weighted by molar-refractivity contribution is -0.110. The number of aromatic carboxylic acids is 1. The van der Waals surface area contributed by atoms with Crippen LogP contribution >= 0.6 is 0 Å². The maximum absolute atomic E-state index is 12.3. The summed E-state index contributed by atoms with van der Waals surface area (Å²) in [5, 5.41) is 12.0. The van der Waals surface area contributed by atoms with Crippen LogP contribution < -0.4 is 5.32 Å². The van der Waals surface area contributed by atoms with Crippen molar-refractivity contribution in [3.05, 3.63) is 77.0 Å². The minimum Gasteiger partial charge on any atom is -0.478 e. The van der Waals surface area contributed by atoms with Crippen LogP contribution in [0, 0.1) is 6.92 Å². The van der Waals surface area contributed by atoms with Crippen LogP contribution in [-0.4, -0.2) is 17.0 Å². The average molecular weight is 345 g/mol. The summed E-state index contributed by atoms with van der Waals surface area (Å²) < 4.78 is 5.81. The van der Waals surface area contributed by atoms with Crippen LogP contribution in [0.3, 0.4) is 0 Å². The third-order valence-electron chi connectivity index (χ3n) is 4.27. The summed E-state index contributed by atoms with van der Waals surface area (Å²) in [7, 11) is 0. The maximum Gasteiger partial charge on any atom is 0.335 e. The van der Waals surface area contributed by atoms with Crippen molar-refractivity contribution < 1.29 is 19.1 Å². The van der Waals surface area contributed by atoms with E-state index in [-0.39, 0.29) is 11.5 Å². The van der Waals surface area contributed by atoms with Gasteiger partial charge in [0.05, 0.1) is 11.1 Å². The van der Waals surface area contributed by atoms with E-state index in [4.69, 9.17) is 9.52 Å².